The highest BCUT2D eigenvalue weighted by Crippen LogP contribution is 2.32. The van der Waals surface area contributed by atoms with Gasteiger partial charge in [0, 0.05) is 0 Å². The molecule has 0 heterocycles. The van der Waals surface area contributed by atoms with E-state index in [9.17, 15) is 8.42 Å². The van der Waals surface area contributed by atoms with Gasteiger partial charge < -0.3 is 0 Å². The number of hydrogen-bond donors (Lipinski definition) is 0. The monoisotopic (exact) mass is 322 g/mol. The van der Waals surface area contributed by atoms with Gasteiger partial charge in [-0.15, -0.1) is 6.58 Å². The normalized spacial score (nSPS) is 16.5. The standard InChI is InChI=1S/C18H26O3S/c1-2-14-22(19,20)21-13-7-9-16-8-6-12-18(15-16)17-10-4-3-5-11-17/h2,6,8,12,15,17H,1,3-5,7,9-11,13-14H2. The van der Waals surface area contributed by atoms with Crippen molar-refractivity contribution in [3.8, 4) is 0 Å². The molecule has 0 aromatic heterocycles. The summed E-state index contributed by atoms with van der Waals surface area (Å²) < 4.78 is 27.8. The molecule has 4 heteroatoms. The summed E-state index contributed by atoms with van der Waals surface area (Å²) in [6.45, 7) is 3.66. The maximum atomic E-state index is 11.4. The lowest BCUT2D eigenvalue weighted by atomic mass is 9.83. The summed E-state index contributed by atoms with van der Waals surface area (Å²) in [6, 6.07) is 8.75. The molecule has 0 aliphatic heterocycles. The molecule has 2 rings (SSSR count). The molecule has 0 radical (unpaired) electrons. The molecule has 0 N–H and O–H groups in total. The Morgan fingerprint density at radius 1 is 1.23 bits per heavy atom. The number of benzene rings is 1. The average Bonchev–Trinajstić information content (AvgIpc) is 2.53. The fourth-order valence-corrected chi connectivity index (χ4v) is 3.85. The molecular weight excluding hydrogens is 296 g/mol. The van der Waals surface area contributed by atoms with Gasteiger partial charge in [-0.25, -0.2) is 0 Å². The smallest absolute Gasteiger partial charge is 0.270 e. The fraction of sp³-hybridized carbons (Fsp3) is 0.556. The van der Waals surface area contributed by atoms with Gasteiger partial charge in [0.05, 0.1) is 12.4 Å². The van der Waals surface area contributed by atoms with Gasteiger partial charge in [-0.2, -0.15) is 8.42 Å². The number of rotatable bonds is 8. The second-order valence-electron chi connectivity index (χ2n) is 6.02. The second-order valence-corrected chi connectivity index (χ2v) is 7.70. The maximum Gasteiger partial charge on any atom is 0.270 e. The highest BCUT2D eigenvalue weighted by atomic mass is 32.2. The van der Waals surface area contributed by atoms with Crippen LogP contribution < -0.4 is 0 Å². The molecule has 1 aromatic rings. The van der Waals surface area contributed by atoms with Crippen molar-refractivity contribution in [2.75, 3.05) is 12.4 Å². The maximum absolute atomic E-state index is 11.4. The van der Waals surface area contributed by atoms with E-state index in [1.54, 1.807) is 0 Å². The van der Waals surface area contributed by atoms with Gasteiger partial charge in [-0.3, -0.25) is 4.18 Å². The highest BCUT2D eigenvalue weighted by molar-refractivity contribution is 7.86. The lowest BCUT2D eigenvalue weighted by molar-refractivity contribution is 0.314. The van der Waals surface area contributed by atoms with Crippen LogP contribution in [0.25, 0.3) is 0 Å². The zero-order valence-corrected chi connectivity index (χ0v) is 14.0. The van der Waals surface area contributed by atoms with Crippen LogP contribution in [-0.2, 0) is 20.7 Å². The molecule has 22 heavy (non-hydrogen) atoms. The van der Waals surface area contributed by atoms with Gasteiger partial charge in [0.2, 0.25) is 0 Å². The van der Waals surface area contributed by atoms with Crippen molar-refractivity contribution < 1.29 is 12.6 Å². The van der Waals surface area contributed by atoms with Crippen LogP contribution in [0.15, 0.2) is 36.9 Å². The van der Waals surface area contributed by atoms with Crippen LogP contribution >= 0.6 is 0 Å². The quantitative estimate of drug-likeness (QED) is 0.409. The molecule has 122 valence electrons. The van der Waals surface area contributed by atoms with Crippen LogP contribution in [0.5, 0.6) is 0 Å². The van der Waals surface area contributed by atoms with Crippen molar-refractivity contribution in [3.63, 3.8) is 0 Å². The minimum Gasteiger partial charge on any atom is -0.270 e. The van der Waals surface area contributed by atoms with Crippen LogP contribution in [0.1, 0.15) is 55.6 Å². The van der Waals surface area contributed by atoms with Gasteiger partial charge in [0.15, 0.2) is 0 Å². The summed E-state index contributed by atoms with van der Waals surface area (Å²) in [5, 5.41) is 0. The lowest BCUT2D eigenvalue weighted by Crippen LogP contribution is -2.10. The van der Waals surface area contributed by atoms with E-state index in [4.69, 9.17) is 4.18 Å². The van der Waals surface area contributed by atoms with Crippen LogP contribution in [0.3, 0.4) is 0 Å². The van der Waals surface area contributed by atoms with Gasteiger partial charge in [-0.05, 0) is 42.7 Å². The minimum absolute atomic E-state index is 0.121. The molecule has 1 saturated carbocycles. The zero-order valence-electron chi connectivity index (χ0n) is 13.2. The second kappa shape index (κ2) is 8.49. The molecule has 0 unspecified atom stereocenters. The molecule has 1 aliphatic carbocycles. The highest BCUT2D eigenvalue weighted by Gasteiger charge is 2.15. The molecule has 1 aromatic carbocycles. The van der Waals surface area contributed by atoms with Crippen LogP contribution in [0.2, 0.25) is 0 Å². The van der Waals surface area contributed by atoms with Crippen molar-refractivity contribution in [1.29, 1.82) is 0 Å². The first-order valence-electron chi connectivity index (χ1n) is 8.17. The van der Waals surface area contributed by atoms with Crippen molar-refractivity contribution >= 4 is 10.1 Å². The first kappa shape index (κ1) is 17.2. The molecule has 0 amide bonds. The Balaban J connectivity index is 1.82. The SMILES string of the molecule is C=CCS(=O)(=O)OCCCc1cccc(C2CCCCC2)c1. The third-order valence-corrected chi connectivity index (χ3v) is 5.39. The van der Waals surface area contributed by atoms with E-state index in [0.29, 0.717) is 12.3 Å². The van der Waals surface area contributed by atoms with E-state index in [1.807, 2.05) is 0 Å². The predicted octanol–water partition coefficient (Wildman–Crippen LogP) is 4.20. The minimum atomic E-state index is -3.43. The largest absolute Gasteiger partial charge is 0.270 e. The summed E-state index contributed by atoms with van der Waals surface area (Å²) in [5.41, 5.74) is 2.71. The van der Waals surface area contributed by atoms with E-state index in [2.05, 4.69) is 30.8 Å². The molecule has 0 saturated heterocycles. The lowest BCUT2D eigenvalue weighted by Gasteiger charge is -2.22. The van der Waals surface area contributed by atoms with E-state index < -0.39 is 10.1 Å². The van der Waals surface area contributed by atoms with Crippen molar-refractivity contribution in [3.05, 3.63) is 48.0 Å². The molecule has 3 nitrogen and oxygen atoms in total. The molecule has 1 fully saturated rings. The predicted molar refractivity (Wildman–Crippen MR) is 90.5 cm³/mol. The number of aryl methyl sites for hydroxylation is 1. The Bertz CT molecular complexity index is 572. The van der Waals surface area contributed by atoms with Gasteiger partial charge >= 0.3 is 0 Å². The summed E-state index contributed by atoms with van der Waals surface area (Å²) in [4.78, 5) is 0. The van der Waals surface area contributed by atoms with Crippen LogP contribution in [0.4, 0.5) is 0 Å². The van der Waals surface area contributed by atoms with Crippen molar-refractivity contribution in [1.82, 2.24) is 0 Å². The molecule has 0 bridgehead atoms. The topological polar surface area (TPSA) is 43.4 Å². The van der Waals surface area contributed by atoms with E-state index in [1.165, 1.54) is 49.3 Å². The average molecular weight is 322 g/mol. The Morgan fingerprint density at radius 2 is 2.00 bits per heavy atom. The molecule has 1 aliphatic rings. The van der Waals surface area contributed by atoms with Crippen molar-refractivity contribution in [2.24, 2.45) is 0 Å². The van der Waals surface area contributed by atoms with Gasteiger partial charge in [0.25, 0.3) is 10.1 Å². The molecule has 0 spiro atoms. The molecular formula is C18H26O3S. The van der Waals surface area contributed by atoms with Crippen LogP contribution in [0, 0.1) is 0 Å². The third-order valence-electron chi connectivity index (χ3n) is 4.22. The Labute approximate surface area is 134 Å². The van der Waals surface area contributed by atoms with E-state index >= 15 is 0 Å². The summed E-state index contributed by atoms with van der Waals surface area (Å²) in [7, 11) is -3.43. The first-order chi connectivity index (χ1) is 10.6. The molecule has 0 atom stereocenters. The Kier molecular flexibility index (Phi) is 6.65. The zero-order chi connectivity index (χ0) is 15.8. The Hall–Kier alpha value is -1.13. The summed E-state index contributed by atoms with van der Waals surface area (Å²) >= 11 is 0. The first-order valence-corrected chi connectivity index (χ1v) is 9.75. The third kappa shape index (κ3) is 5.58. The van der Waals surface area contributed by atoms with Crippen molar-refractivity contribution in [2.45, 2.75) is 50.9 Å². The van der Waals surface area contributed by atoms with Crippen LogP contribution in [-0.4, -0.2) is 20.8 Å². The van der Waals surface area contributed by atoms with Gasteiger partial charge in [0.1, 0.15) is 0 Å². The van der Waals surface area contributed by atoms with Gasteiger partial charge in [-0.1, -0.05) is 49.6 Å². The summed E-state index contributed by atoms with van der Waals surface area (Å²) in [6.07, 6.45) is 9.55. The number of hydrogen-bond acceptors (Lipinski definition) is 3. The fourth-order valence-electron chi connectivity index (χ4n) is 3.09. The van der Waals surface area contributed by atoms with E-state index in [0.717, 1.165) is 6.42 Å². The summed E-state index contributed by atoms with van der Waals surface area (Å²) in [5.74, 6) is 0.586. The Morgan fingerprint density at radius 3 is 2.73 bits per heavy atom. The van der Waals surface area contributed by atoms with E-state index in [-0.39, 0.29) is 12.4 Å².